The number of likely N-dealkylation sites (N-methyl/N-ethyl adjacent to an activating group) is 1. The van der Waals surface area contributed by atoms with Gasteiger partial charge in [-0.3, -0.25) is 0 Å². The molecule has 1 unspecified atom stereocenters. The molecule has 10 heteroatoms. The normalized spacial score (nSPS) is 22.8. The molecule has 1 atom stereocenters. The molecule has 0 radical (unpaired) electrons. The van der Waals surface area contributed by atoms with Crippen LogP contribution in [0, 0.1) is 0 Å². The van der Waals surface area contributed by atoms with E-state index in [1.807, 2.05) is 0 Å². The Morgan fingerprint density at radius 1 is 1.10 bits per heavy atom. The summed E-state index contributed by atoms with van der Waals surface area (Å²) in [6, 6.07) is 0. The van der Waals surface area contributed by atoms with Crippen LogP contribution in [0.5, 0.6) is 0 Å². The van der Waals surface area contributed by atoms with Crippen LogP contribution < -0.4 is 14.9 Å². The van der Waals surface area contributed by atoms with E-state index >= 15 is 0 Å². The van der Waals surface area contributed by atoms with Crippen molar-refractivity contribution in [3.63, 3.8) is 0 Å². The van der Waals surface area contributed by atoms with E-state index in [0.29, 0.717) is 13.1 Å². The van der Waals surface area contributed by atoms with E-state index in [-0.39, 0.29) is 11.9 Å². The molecule has 9 nitrogen and oxygen atoms in total. The van der Waals surface area contributed by atoms with Gasteiger partial charge in [0.1, 0.15) is 5.82 Å². The van der Waals surface area contributed by atoms with Gasteiger partial charge in [-0.2, -0.15) is 4.98 Å². The summed E-state index contributed by atoms with van der Waals surface area (Å²) in [4.78, 5) is 14.2. The van der Waals surface area contributed by atoms with Crippen LogP contribution in [0.15, 0.2) is 0 Å². The van der Waals surface area contributed by atoms with Gasteiger partial charge in [0.25, 0.3) is 0 Å². The van der Waals surface area contributed by atoms with Gasteiger partial charge >= 0.3 is 0 Å². The lowest BCUT2D eigenvalue weighted by Crippen LogP contribution is -2.45. The number of nitrogens with zero attached hydrogens (tertiary/aromatic N) is 4. The molecule has 2 saturated heterocycles. The highest BCUT2D eigenvalue weighted by Gasteiger charge is 2.23. The van der Waals surface area contributed by atoms with E-state index in [2.05, 4.69) is 26.9 Å². The SMILES string of the molecule is CN1CCN(c2nc3c(c(NCCS(=O)(=O)NCC4CCCO4)n2)CCCC3)CC1. The highest BCUT2D eigenvalue weighted by molar-refractivity contribution is 7.89. The minimum absolute atomic E-state index is 0.00719. The molecule has 0 aromatic carbocycles. The van der Waals surface area contributed by atoms with Gasteiger partial charge in [0.05, 0.1) is 17.6 Å². The van der Waals surface area contributed by atoms with Crippen molar-refractivity contribution in [3.05, 3.63) is 11.3 Å². The summed E-state index contributed by atoms with van der Waals surface area (Å²) in [5.41, 5.74) is 2.27. The van der Waals surface area contributed by atoms with Crippen LogP contribution in [0.4, 0.5) is 11.8 Å². The van der Waals surface area contributed by atoms with E-state index in [9.17, 15) is 8.42 Å². The topological polar surface area (TPSA) is 99.7 Å². The fraction of sp³-hybridized carbons (Fsp3) is 0.800. The number of piperazine rings is 1. The van der Waals surface area contributed by atoms with E-state index < -0.39 is 10.0 Å². The fourth-order valence-electron chi connectivity index (χ4n) is 4.28. The van der Waals surface area contributed by atoms with E-state index in [1.165, 1.54) is 0 Å². The van der Waals surface area contributed by atoms with Gasteiger partial charge in [0.15, 0.2) is 0 Å². The fourth-order valence-corrected chi connectivity index (χ4v) is 5.23. The van der Waals surface area contributed by atoms with Gasteiger partial charge < -0.3 is 19.9 Å². The maximum absolute atomic E-state index is 12.4. The molecule has 0 saturated carbocycles. The standard InChI is InChI=1S/C20H34N6O3S/c1-25-9-11-26(12-10-25)20-23-18-7-3-2-6-17(18)19(24-20)21-8-14-30(27,28)22-15-16-5-4-13-29-16/h16,22H,2-15H2,1H3,(H,21,23,24). The highest BCUT2D eigenvalue weighted by Crippen LogP contribution is 2.28. The Bertz CT molecular complexity index is 820. The van der Waals surface area contributed by atoms with E-state index in [0.717, 1.165) is 94.3 Å². The Morgan fingerprint density at radius 3 is 2.67 bits per heavy atom. The number of nitrogens with one attached hydrogen (secondary N) is 2. The number of fused-ring (bicyclic) bond motifs is 1. The zero-order valence-electron chi connectivity index (χ0n) is 17.9. The van der Waals surface area contributed by atoms with Crippen molar-refractivity contribution in [3.8, 4) is 0 Å². The number of anilines is 2. The molecule has 4 rings (SSSR count). The third kappa shape index (κ3) is 5.60. The monoisotopic (exact) mass is 438 g/mol. The quantitative estimate of drug-likeness (QED) is 0.609. The van der Waals surface area contributed by atoms with Crippen molar-refractivity contribution < 1.29 is 13.2 Å². The Hall–Kier alpha value is -1.49. The van der Waals surface area contributed by atoms with E-state index in [1.54, 1.807) is 0 Å². The predicted octanol–water partition coefficient (Wildman–Crippen LogP) is 0.618. The van der Waals surface area contributed by atoms with Gasteiger partial charge in [-0.15, -0.1) is 0 Å². The molecule has 3 heterocycles. The number of rotatable bonds is 8. The van der Waals surface area contributed by atoms with Crippen LogP contribution in [0.1, 0.15) is 36.9 Å². The summed E-state index contributed by atoms with van der Waals surface area (Å²) in [6.07, 6.45) is 6.12. The van der Waals surface area contributed by atoms with Crippen molar-refractivity contribution in [2.45, 2.75) is 44.6 Å². The van der Waals surface area contributed by atoms with Crippen LogP contribution in [0.3, 0.4) is 0 Å². The van der Waals surface area contributed by atoms with Crippen molar-refractivity contribution >= 4 is 21.8 Å². The van der Waals surface area contributed by atoms with Gasteiger partial charge in [0.2, 0.25) is 16.0 Å². The van der Waals surface area contributed by atoms with Crippen LogP contribution >= 0.6 is 0 Å². The van der Waals surface area contributed by atoms with Crippen LogP contribution in [0.25, 0.3) is 0 Å². The Morgan fingerprint density at radius 2 is 1.90 bits per heavy atom. The second kappa shape index (κ2) is 9.76. The molecule has 1 aromatic heterocycles. The molecule has 2 aliphatic heterocycles. The average molecular weight is 439 g/mol. The molecule has 168 valence electrons. The third-order valence-corrected chi connectivity index (χ3v) is 7.52. The summed E-state index contributed by atoms with van der Waals surface area (Å²) >= 11 is 0. The minimum Gasteiger partial charge on any atom is -0.377 e. The van der Waals surface area contributed by atoms with Gasteiger partial charge in [-0.25, -0.2) is 18.1 Å². The molecule has 3 aliphatic rings. The van der Waals surface area contributed by atoms with Crippen molar-refractivity contribution in [2.75, 3.05) is 68.9 Å². The lowest BCUT2D eigenvalue weighted by atomic mass is 9.96. The molecule has 30 heavy (non-hydrogen) atoms. The number of aromatic nitrogens is 2. The van der Waals surface area contributed by atoms with Crippen LogP contribution in [0.2, 0.25) is 0 Å². The largest absolute Gasteiger partial charge is 0.377 e. The summed E-state index contributed by atoms with van der Waals surface area (Å²) < 4.78 is 32.9. The molecule has 0 bridgehead atoms. The summed E-state index contributed by atoms with van der Waals surface area (Å²) in [6.45, 7) is 5.23. The van der Waals surface area contributed by atoms with Crippen molar-refractivity contribution in [1.29, 1.82) is 0 Å². The van der Waals surface area contributed by atoms with Crippen molar-refractivity contribution in [1.82, 2.24) is 19.6 Å². The van der Waals surface area contributed by atoms with Gasteiger partial charge in [0, 0.05) is 51.4 Å². The second-order valence-electron chi connectivity index (χ2n) is 8.52. The molecule has 1 aromatic rings. The van der Waals surface area contributed by atoms with Gasteiger partial charge in [-0.1, -0.05) is 0 Å². The summed E-state index contributed by atoms with van der Waals surface area (Å²) in [5, 5.41) is 3.31. The smallest absolute Gasteiger partial charge is 0.227 e. The van der Waals surface area contributed by atoms with Gasteiger partial charge in [-0.05, 0) is 45.6 Å². The van der Waals surface area contributed by atoms with Crippen molar-refractivity contribution in [2.24, 2.45) is 0 Å². The first kappa shape index (κ1) is 21.7. The Kier molecular flexibility index (Phi) is 7.07. The maximum atomic E-state index is 12.4. The van der Waals surface area contributed by atoms with Crippen LogP contribution in [-0.4, -0.2) is 88.1 Å². The number of ether oxygens (including phenoxy) is 1. The number of aryl methyl sites for hydroxylation is 1. The Labute approximate surface area is 179 Å². The molecule has 2 fully saturated rings. The maximum Gasteiger partial charge on any atom is 0.227 e. The lowest BCUT2D eigenvalue weighted by molar-refractivity contribution is 0.114. The summed E-state index contributed by atoms with van der Waals surface area (Å²) in [5.74, 6) is 1.59. The molecular weight excluding hydrogens is 404 g/mol. The molecule has 2 N–H and O–H groups in total. The first-order valence-electron chi connectivity index (χ1n) is 11.2. The molecule has 1 aliphatic carbocycles. The predicted molar refractivity (Wildman–Crippen MR) is 118 cm³/mol. The number of hydrogen-bond acceptors (Lipinski definition) is 8. The summed E-state index contributed by atoms with van der Waals surface area (Å²) in [7, 11) is -1.22. The number of sulfonamides is 1. The third-order valence-electron chi connectivity index (χ3n) is 6.18. The van der Waals surface area contributed by atoms with Crippen LogP contribution in [-0.2, 0) is 27.6 Å². The zero-order valence-corrected chi connectivity index (χ0v) is 18.7. The lowest BCUT2D eigenvalue weighted by Gasteiger charge is -2.33. The highest BCUT2D eigenvalue weighted by atomic mass is 32.2. The molecule has 0 spiro atoms. The first-order valence-corrected chi connectivity index (χ1v) is 12.8. The van der Waals surface area contributed by atoms with E-state index in [4.69, 9.17) is 14.7 Å². The Balaban J connectivity index is 1.39. The second-order valence-corrected chi connectivity index (χ2v) is 10.5. The minimum atomic E-state index is -3.35. The molecule has 0 amide bonds. The zero-order chi connectivity index (χ0) is 21.0. The molecular formula is C20H34N6O3S. The average Bonchev–Trinajstić information content (AvgIpc) is 3.26. The first-order chi connectivity index (χ1) is 14.5. The number of hydrogen-bond donors (Lipinski definition) is 2.